The number of imide groups is 2. The molecule has 1 aliphatic heterocycles. The SMILES string of the molecule is CCOc1cc(/C=C2\C(=O)NC(=O)N(c3ccc(Br)cc3)C2=O)ccc1OC(=O)c1ccc(OC)cc1. The lowest BCUT2D eigenvalue weighted by molar-refractivity contribution is -0.122. The molecule has 1 heterocycles. The monoisotopic (exact) mass is 564 g/mol. The summed E-state index contributed by atoms with van der Waals surface area (Å²) in [5.41, 5.74) is 0.806. The largest absolute Gasteiger partial charge is 0.497 e. The number of hydrogen-bond donors (Lipinski definition) is 1. The minimum atomic E-state index is -0.842. The van der Waals surface area contributed by atoms with Crippen LogP contribution >= 0.6 is 15.9 Å². The fraction of sp³-hybridized carbons (Fsp3) is 0.111. The van der Waals surface area contributed by atoms with Crippen LogP contribution in [-0.4, -0.2) is 37.5 Å². The number of nitrogens with one attached hydrogen (secondary N) is 1. The number of nitrogens with zero attached hydrogens (tertiary/aromatic N) is 1. The van der Waals surface area contributed by atoms with Gasteiger partial charge in [0.15, 0.2) is 11.5 Å². The number of hydrogen-bond acceptors (Lipinski definition) is 7. The van der Waals surface area contributed by atoms with Crippen molar-refractivity contribution in [2.75, 3.05) is 18.6 Å². The predicted molar refractivity (Wildman–Crippen MR) is 139 cm³/mol. The average molecular weight is 565 g/mol. The van der Waals surface area contributed by atoms with Crippen LogP contribution in [0, 0.1) is 0 Å². The Morgan fingerprint density at radius 3 is 2.32 bits per heavy atom. The molecule has 1 fully saturated rings. The molecule has 10 heteroatoms. The number of halogens is 1. The Bertz CT molecular complexity index is 1400. The van der Waals surface area contributed by atoms with Crippen molar-refractivity contribution in [3.63, 3.8) is 0 Å². The first-order valence-electron chi connectivity index (χ1n) is 11.1. The van der Waals surface area contributed by atoms with Gasteiger partial charge in [-0.3, -0.25) is 14.9 Å². The van der Waals surface area contributed by atoms with Crippen molar-refractivity contribution in [3.05, 3.63) is 87.9 Å². The normalized spacial score (nSPS) is 14.4. The molecular formula is C27H21BrN2O7. The van der Waals surface area contributed by atoms with Crippen LogP contribution in [-0.2, 0) is 9.59 Å². The number of rotatable bonds is 7. The zero-order valence-electron chi connectivity index (χ0n) is 19.8. The van der Waals surface area contributed by atoms with Gasteiger partial charge in [0.1, 0.15) is 11.3 Å². The smallest absolute Gasteiger partial charge is 0.343 e. The fourth-order valence-corrected chi connectivity index (χ4v) is 3.77. The Morgan fingerprint density at radius 2 is 1.68 bits per heavy atom. The van der Waals surface area contributed by atoms with Crippen molar-refractivity contribution >= 4 is 51.5 Å². The number of carbonyl (C=O) groups excluding carboxylic acids is 4. The maximum atomic E-state index is 13.1. The fourth-order valence-electron chi connectivity index (χ4n) is 3.50. The van der Waals surface area contributed by atoms with Crippen molar-refractivity contribution < 1.29 is 33.4 Å². The molecule has 0 saturated carbocycles. The number of ether oxygens (including phenoxy) is 3. The summed E-state index contributed by atoms with van der Waals surface area (Å²) in [7, 11) is 1.53. The summed E-state index contributed by atoms with van der Waals surface area (Å²) in [5.74, 6) is -1.19. The molecule has 0 aromatic heterocycles. The molecule has 188 valence electrons. The Hall–Kier alpha value is -4.44. The molecule has 4 amide bonds. The molecule has 0 bridgehead atoms. The van der Waals surface area contributed by atoms with Gasteiger partial charge in [0.05, 0.1) is 25.0 Å². The van der Waals surface area contributed by atoms with Gasteiger partial charge in [-0.25, -0.2) is 14.5 Å². The van der Waals surface area contributed by atoms with E-state index in [9.17, 15) is 19.2 Å². The average Bonchev–Trinajstić information content (AvgIpc) is 2.89. The topological polar surface area (TPSA) is 111 Å². The van der Waals surface area contributed by atoms with E-state index in [0.717, 1.165) is 9.37 Å². The Labute approximate surface area is 220 Å². The van der Waals surface area contributed by atoms with Gasteiger partial charge >= 0.3 is 12.0 Å². The number of methoxy groups -OCH3 is 1. The summed E-state index contributed by atoms with van der Waals surface area (Å²) in [5, 5.41) is 2.18. The van der Waals surface area contributed by atoms with E-state index in [1.54, 1.807) is 61.5 Å². The molecule has 0 atom stereocenters. The molecule has 0 unspecified atom stereocenters. The molecule has 0 aliphatic carbocycles. The first kappa shape index (κ1) is 25.6. The highest BCUT2D eigenvalue weighted by atomic mass is 79.9. The summed E-state index contributed by atoms with van der Waals surface area (Å²) in [6.45, 7) is 2.04. The zero-order valence-corrected chi connectivity index (χ0v) is 21.4. The molecule has 1 aliphatic rings. The van der Waals surface area contributed by atoms with Crippen LogP contribution in [0.3, 0.4) is 0 Å². The summed E-state index contributed by atoms with van der Waals surface area (Å²) in [6.07, 6.45) is 1.34. The van der Waals surface area contributed by atoms with Gasteiger partial charge in [0.2, 0.25) is 0 Å². The standard InChI is InChI=1S/C27H21BrN2O7/c1-3-36-23-15-16(4-13-22(23)37-26(33)17-5-11-20(35-2)12-6-17)14-21-24(31)29-27(34)30(25(21)32)19-9-7-18(28)8-10-19/h4-15H,3H2,1-2H3,(H,29,31,34)/b21-14+. The first-order chi connectivity index (χ1) is 17.8. The third-order valence-corrected chi connectivity index (χ3v) is 5.82. The number of esters is 1. The third-order valence-electron chi connectivity index (χ3n) is 5.29. The number of carbonyl (C=O) groups is 4. The first-order valence-corrected chi connectivity index (χ1v) is 11.9. The zero-order chi connectivity index (χ0) is 26.5. The minimum absolute atomic E-state index is 0.163. The quantitative estimate of drug-likeness (QED) is 0.191. The van der Waals surface area contributed by atoms with Crippen LogP contribution in [0.5, 0.6) is 17.2 Å². The van der Waals surface area contributed by atoms with Crippen molar-refractivity contribution in [1.82, 2.24) is 5.32 Å². The van der Waals surface area contributed by atoms with Crippen molar-refractivity contribution in [3.8, 4) is 17.2 Å². The third kappa shape index (κ3) is 5.70. The van der Waals surface area contributed by atoms with E-state index in [0.29, 0.717) is 22.6 Å². The second kappa shape index (κ2) is 11.1. The summed E-state index contributed by atoms with van der Waals surface area (Å²) in [4.78, 5) is 51.5. The molecule has 9 nitrogen and oxygen atoms in total. The molecular weight excluding hydrogens is 544 g/mol. The predicted octanol–water partition coefficient (Wildman–Crippen LogP) is 4.74. The van der Waals surface area contributed by atoms with Crippen LogP contribution in [0.25, 0.3) is 6.08 Å². The van der Waals surface area contributed by atoms with E-state index in [2.05, 4.69) is 21.2 Å². The Balaban J connectivity index is 1.62. The second-order valence-corrected chi connectivity index (χ2v) is 8.61. The lowest BCUT2D eigenvalue weighted by Crippen LogP contribution is -2.54. The van der Waals surface area contributed by atoms with Gasteiger partial charge in [-0.05, 0) is 79.2 Å². The van der Waals surface area contributed by atoms with E-state index in [1.807, 2.05) is 0 Å². The van der Waals surface area contributed by atoms with Crippen molar-refractivity contribution in [2.24, 2.45) is 0 Å². The summed E-state index contributed by atoms with van der Waals surface area (Å²) in [6, 6.07) is 16.7. The number of benzene rings is 3. The lowest BCUT2D eigenvalue weighted by atomic mass is 10.1. The van der Waals surface area contributed by atoms with Gasteiger partial charge in [0.25, 0.3) is 11.8 Å². The number of barbiturate groups is 1. The number of amides is 4. The highest BCUT2D eigenvalue weighted by Crippen LogP contribution is 2.31. The maximum Gasteiger partial charge on any atom is 0.343 e. The van der Waals surface area contributed by atoms with Crippen LogP contribution in [0.4, 0.5) is 10.5 Å². The van der Waals surface area contributed by atoms with E-state index in [1.165, 1.54) is 25.3 Å². The maximum absolute atomic E-state index is 13.1. The van der Waals surface area contributed by atoms with Crippen molar-refractivity contribution in [2.45, 2.75) is 6.92 Å². The van der Waals surface area contributed by atoms with Crippen LogP contribution in [0.2, 0.25) is 0 Å². The van der Waals surface area contributed by atoms with E-state index >= 15 is 0 Å². The molecule has 4 rings (SSSR count). The van der Waals surface area contributed by atoms with Crippen molar-refractivity contribution in [1.29, 1.82) is 0 Å². The van der Waals surface area contributed by atoms with Gasteiger partial charge in [-0.1, -0.05) is 22.0 Å². The second-order valence-electron chi connectivity index (χ2n) is 7.69. The van der Waals surface area contributed by atoms with Gasteiger partial charge in [-0.2, -0.15) is 0 Å². The van der Waals surface area contributed by atoms with Crippen LogP contribution < -0.4 is 24.4 Å². The molecule has 0 spiro atoms. The van der Waals surface area contributed by atoms with E-state index < -0.39 is 23.8 Å². The van der Waals surface area contributed by atoms with Gasteiger partial charge in [-0.15, -0.1) is 0 Å². The van der Waals surface area contributed by atoms with Gasteiger partial charge < -0.3 is 14.2 Å². The lowest BCUT2D eigenvalue weighted by Gasteiger charge is -2.26. The van der Waals surface area contributed by atoms with Crippen LogP contribution in [0.1, 0.15) is 22.8 Å². The molecule has 3 aromatic rings. The highest BCUT2D eigenvalue weighted by Gasteiger charge is 2.36. The molecule has 37 heavy (non-hydrogen) atoms. The Morgan fingerprint density at radius 1 is 0.973 bits per heavy atom. The number of anilines is 1. The van der Waals surface area contributed by atoms with Crippen LogP contribution in [0.15, 0.2) is 76.8 Å². The van der Waals surface area contributed by atoms with Gasteiger partial charge in [0, 0.05) is 4.47 Å². The molecule has 0 radical (unpaired) electrons. The minimum Gasteiger partial charge on any atom is -0.497 e. The summed E-state index contributed by atoms with van der Waals surface area (Å²) < 4.78 is 17.0. The summed E-state index contributed by atoms with van der Waals surface area (Å²) >= 11 is 3.31. The number of urea groups is 1. The molecule has 1 saturated heterocycles. The Kier molecular flexibility index (Phi) is 7.69. The molecule has 1 N–H and O–H groups in total. The van der Waals surface area contributed by atoms with E-state index in [4.69, 9.17) is 14.2 Å². The van der Waals surface area contributed by atoms with E-state index in [-0.39, 0.29) is 23.7 Å². The highest BCUT2D eigenvalue weighted by molar-refractivity contribution is 9.10. The molecule has 3 aromatic carbocycles.